The Morgan fingerprint density at radius 2 is 2.20 bits per heavy atom. The lowest BCUT2D eigenvalue weighted by Gasteiger charge is -2.15. The molecule has 0 radical (unpaired) electrons. The van der Waals surface area contributed by atoms with Gasteiger partial charge in [0.25, 0.3) is 0 Å². The number of para-hydroxylation sites is 1. The lowest BCUT2D eigenvalue weighted by Crippen LogP contribution is -2.28. The van der Waals surface area contributed by atoms with Gasteiger partial charge in [0.2, 0.25) is 5.91 Å². The summed E-state index contributed by atoms with van der Waals surface area (Å²) in [5.74, 6) is 0.467. The first-order valence-electron chi connectivity index (χ1n) is 6.61. The summed E-state index contributed by atoms with van der Waals surface area (Å²) in [7, 11) is 1.86. The van der Waals surface area contributed by atoms with E-state index in [9.17, 15) is 4.79 Å². The summed E-state index contributed by atoms with van der Waals surface area (Å²) in [6.45, 7) is 2.29. The van der Waals surface area contributed by atoms with E-state index in [1.165, 1.54) is 0 Å². The van der Waals surface area contributed by atoms with E-state index in [4.69, 9.17) is 5.73 Å². The monoisotopic (exact) mass is 273 g/mol. The zero-order valence-electron chi connectivity index (χ0n) is 11.7. The van der Waals surface area contributed by atoms with Gasteiger partial charge in [-0.05, 0) is 18.6 Å². The minimum absolute atomic E-state index is 0.0652. The summed E-state index contributed by atoms with van der Waals surface area (Å²) in [6, 6.07) is 7.53. The molecule has 0 aliphatic carbocycles. The number of anilines is 1. The van der Waals surface area contributed by atoms with E-state index in [0.29, 0.717) is 18.8 Å². The van der Waals surface area contributed by atoms with Crippen molar-refractivity contribution in [3.63, 3.8) is 0 Å². The molecule has 6 heteroatoms. The van der Waals surface area contributed by atoms with Gasteiger partial charge in [-0.1, -0.05) is 19.1 Å². The first kappa shape index (κ1) is 14.2. The number of nitrogens with one attached hydrogen (secondary N) is 1. The summed E-state index contributed by atoms with van der Waals surface area (Å²) in [4.78, 5) is 12.1. The van der Waals surface area contributed by atoms with Crippen LogP contribution in [0.1, 0.15) is 13.3 Å². The van der Waals surface area contributed by atoms with Gasteiger partial charge in [-0.2, -0.15) is 0 Å². The number of rotatable bonds is 5. The predicted molar refractivity (Wildman–Crippen MR) is 77.9 cm³/mol. The van der Waals surface area contributed by atoms with Gasteiger partial charge in [0.05, 0.1) is 11.6 Å². The maximum atomic E-state index is 12.1. The van der Waals surface area contributed by atoms with E-state index in [0.717, 1.165) is 11.3 Å². The van der Waals surface area contributed by atoms with Crippen LogP contribution in [0.15, 0.2) is 30.6 Å². The van der Waals surface area contributed by atoms with E-state index in [1.54, 1.807) is 6.33 Å². The van der Waals surface area contributed by atoms with Crippen molar-refractivity contribution >= 4 is 11.6 Å². The van der Waals surface area contributed by atoms with Crippen molar-refractivity contribution in [2.75, 3.05) is 11.9 Å². The zero-order chi connectivity index (χ0) is 14.5. The van der Waals surface area contributed by atoms with Crippen molar-refractivity contribution in [3.05, 3.63) is 30.6 Å². The van der Waals surface area contributed by atoms with E-state index in [-0.39, 0.29) is 11.8 Å². The molecule has 1 unspecified atom stereocenters. The van der Waals surface area contributed by atoms with Gasteiger partial charge in [-0.3, -0.25) is 4.79 Å². The number of benzene rings is 1. The van der Waals surface area contributed by atoms with E-state index in [2.05, 4.69) is 15.5 Å². The highest BCUT2D eigenvalue weighted by Gasteiger charge is 2.17. The fourth-order valence-corrected chi connectivity index (χ4v) is 2.01. The zero-order valence-corrected chi connectivity index (χ0v) is 11.7. The van der Waals surface area contributed by atoms with Crippen LogP contribution in [0, 0.1) is 5.92 Å². The maximum Gasteiger partial charge on any atom is 0.228 e. The number of carbonyl (C=O) groups excluding carboxylic acids is 1. The van der Waals surface area contributed by atoms with Crippen LogP contribution in [0.3, 0.4) is 0 Å². The lowest BCUT2D eigenvalue weighted by atomic mass is 10.1. The Balaban J connectivity index is 2.30. The average molecular weight is 273 g/mol. The molecule has 20 heavy (non-hydrogen) atoms. The highest BCUT2D eigenvalue weighted by atomic mass is 16.1. The van der Waals surface area contributed by atoms with Gasteiger partial charge in [0, 0.05) is 19.2 Å². The van der Waals surface area contributed by atoms with Crippen LogP contribution < -0.4 is 11.1 Å². The Morgan fingerprint density at radius 1 is 1.45 bits per heavy atom. The Bertz CT molecular complexity index is 589. The van der Waals surface area contributed by atoms with Gasteiger partial charge >= 0.3 is 0 Å². The van der Waals surface area contributed by atoms with Crippen molar-refractivity contribution < 1.29 is 4.79 Å². The predicted octanol–water partition coefficient (Wildman–Crippen LogP) is 1.41. The standard InChI is InChI=1S/C14H19N5O/c1-3-10(8-15)14(20)17-12-7-5-4-6-11(12)13-18-16-9-19(13)2/h4-7,9-10H,3,8,15H2,1-2H3,(H,17,20). The third-order valence-corrected chi connectivity index (χ3v) is 3.29. The fraction of sp³-hybridized carbons (Fsp3) is 0.357. The third-order valence-electron chi connectivity index (χ3n) is 3.29. The van der Waals surface area contributed by atoms with Crippen LogP contribution >= 0.6 is 0 Å². The maximum absolute atomic E-state index is 12.1. The Kier molecular flexibility index (Phi) is 4.47. The van der Waals surface area contributed by atoms with Crippen molar-refractivity contribution in [2.24, 2.45) is 18.7 Å². The van der Waals surface area contributed by atoms with Gasteiger partial charge in [-0.25, -0.2) is 0 Å². The number of carbonyl (C=O) groups is 1. The highest BCUT2D eigenvalue weighted by Crippen LogP contribution is 2.26. The van der Waals surface area contributed by atoms with Crippen molar-refractivity contribution in [3.8, 4) is 11.4 Å². The number of nitrogens with zero attached hydrogens (tertiary/aromatic N) is 3. The number of nitrogens with two attached hydrogens (primary N) is 1. The topological polar surface area (TPSA) is 85.8 Å². The van der Waals surface area contributed by atoms with E-state index >= 15 is 0 Å². The quantitative estimate of drug-likeness (QED) is 0.862. The second kappa shape index (κ2) is 6.29. The largest absolute Gasteiger partial charge is 0.330 e. The second-order valence-electron chi connectivity index (χ2n) is 4.64. The molecular weight excluding hydrogens is 254 g/mol. The number of hydrogen-bond acceptors (Lipinski definition) is 4. The number of hydrogen-bond donors (Lipinski definition) is 2. The molecule has 2 rings (SSSR count). The van der Waals surface area contributed by atoms with Crippen molar-refractivity contribution in [1.29, 1.82) is 0 Å². The molecular formula is C14H19N5O. The second-order valence-corrected chi connectivity index (χ2v) is 4.64. The van der Waals surface area contributed by atoms with Crippen LogP contribution in [0.5, 0.6) is 0 Å². The number of aromatic nitrogens is 3. The molecule has 106 valence electrons. The molecule has 0 saturated carbocycles. The third kappa shape index (κ3) is 2.85. The number of aryl methyl sites for hydroxylation is 1. The van der Waals surface area contributed by atoms with Crippen LogP contribution in [0.2, 0.25) is 0 Å². The van der Waals surface area contributed by atoms with Crippen LogP contribution in [-0.4, -0.2) is 27.2 Å². The highest BCUT2D eigenvalue weighted by molar-refractivity contribution is 5.96. The summed E-state index contributed by atoms with van der Waals surface area (Å²) >= 11 is 0. The molecule has 2 aromatic rings. The first-order valence-corrected chi connectivity index (χ1v) is 6.61. The molecule has 0 aliphatic rings. The smallest absolute Gasteiger partial charge is 0.228 e. The summed E-state index contributed by atoms with van der Waals surface area (Å²) < 4.78 is 1.81. The van der Waals surface area contributed by atoms with Gasteiger partial charge in [-0.15, -0.1) is 10.2 Å². The number of amides is 1. The molecule has 1 heterocycles. The average Bonchev–Trinajstić information content (AvgIpc) is 2.87. The first-order chi connectivity index (χ1) is 9.67. The molecule has 1 amide bonds. The Hall–Kier alpha value is -2.21. The molecule has 0 aliphatic heterocycles. The van der Waals surface area contributed by atoms with Gasteiger partial charge in [0.15, 0.2) is 5.82 Å². The molecule has 1 atom stereocenters. The summed E-state index contributed by atoms with van der Waals surface area (Å²) in [5, 5.41) is 10.9. The molecule has 3 N–H and O–H groups in total. The van der Waals surface area contributed by atoms with Crippen molar-refractivity contribution in [1.82, 2.24) is 14.8 Å². The van der Waals surface area contributed by atoms with E-state index < -0.39 is 0 Å². The Labute approximate surface area is 118 Å². The van der Waals surface area contributed by atoms with Crippen LogP contribution in [0.4, 0.5) is 5.69 Å². The molecule has 1 aromatic carbocycles. The van der Waals surface area contributed by atoms with Gasteiger partial charge in [0.1, 0.15) is 6.33 Å². The summed E-state index contributed by atoms with van der Waals surface area (Å²) in [6.07, 6.45) is 2.34. The minimum atomic E-state index is -0.178. The molecule has 1 aromatic heterocycles. The van der Waals surface area contributed by atoms with Gasteiger partial charge < -0.3 is 15.6 Å². The molecule has 0 spiro atoms. The SMILES string of the molecule is CCC(CN)C(=O)Nc1ccccc1-c1nncn1C. The normalized spacial score (nSPS) is 12.2. The minimum Gasteiger partial charge on any atom is -0.330 e. The molecule has 0 bridgehead atoms. The lowest BCUT2D eigenvalue weighted by molar-refractivity contribution is -0.119. The van der Waals surface area contributed by atoms with Crippen LogP contribution in [-0.2, 0) is 11.8 Å². The fourth-order valence-electron chi connectivity index (χ4n) is 2.01. The molecule has 0 saturated heterocycles. The molecule has 0 fully saturated rings. The molecule has 6 nitrogen and oxygen atoms in total. The summed E-state index contributed by atoms with van der Waals surface area (Å²) in [5.41, 5.74) is 7.17. The van der Waals surface area contributed by atoms with Crippen molar-refractivity contribution in [2.45, 2.75) is 13.3 Å². The Morgan fingerprint density at radius 3 is 2.80 bits per heavy atom. The van der Waals surface area contributed by atoms with Crippen LogP contribution in [0.25, 0.3) is 11.4 Å². The van der Waals surface area contributed by atoms with E-state index in [1.807, 2.05) is 42.8 Å².